The first-order valence-corrected chi connectivity index (χ1v) is 4.19. The van der Waals surface area contributed by atoms with E-state index in [0.717, 1.165) is 11.5 Å². The molecule has 1 heterocycles. The fourth-order valence-corrected chi connectivity index (χ4v) is 1.02. The smallest absolute Gasteiger partial charge is 0.325 e. The van der Waals surface area contributed by atoms with E-state index in [2.05, 4.69) is 14.9 Å². The minimum absolute atomic E-state index is 0.299. The van der Waals surface area contributed by atoms with Crippen molar-refractivity contribution in [2.45, 2.75) is 13.0 Å². The molecule has 0 aliphatic heterocycles. The van der Waals surface area contributed by atoms with Gasteiger partial charge in [0.25, 0.3) is 5.91 Å². The number of amides is 1. The summed E-state index contributed by atoms with van der Waals surface area (Å²) >= 11 is 0.919. The molecule has 0 aliphatic rings. The van der Waals surface area contributed by atoms with Gasteiger partial charge in [-0.15, -0.1) is 5.10 Å². The number of rotatable bonds is 3. The SMILES string of the molecule is C[C@H](NC(=O)c1cnns1)C(=O)O. The Balaban J connectivity index is 2.56. The lowest BCUT2D eigenvalue weighted by molar-refractivity contribution is -0.138. The van der Waals surface area contributed by atoms with Crippen LogP contribution in [-0.2, 0) is 4.79 Å². The Morgan fingerprint density at radius 2 is 2.38 bits per heavy atom. The molecule has 0 saturated heterocycles. The maximum absolute atomic E-state index is 11.2. The van der Waals surface area contributed by atoms with Gasteiger partial charge >= 0.3 is 5.97 Å². The molecule has 6 nitrogen and oxygen atoms in total. The van der Waals surface area contributed by atoms with E-state index in [-0.39, 0.29) is 0 Å². The maximum atomic E-state index is 11.2. The number of aliphatic carboxylic acids is 1. The molecule has 1 rings (SSSR count). The predicted octanol–water partition coefficient (Wildman–Crippen LogP) is -0.259. The van der Waals surface area contributed by atoms with Gasteiger partial charge in [-0.1, -0.05) is 4.49 Å². The Morgan fingerprint density at radius 1 is 1.69 bits per heavy atom. The average molecular weight is 201 g/mol. The van der Waals surface area contributed by atoms with Crippen LogP contribution in [0, 0.1) is 0 Å². The van der Waals surface area contributed by atoms with E-state index < -0.39 is 17.9 Å². The number of carbonyl (C=O) groups excluding carboxylic acids is 1. The third kappa shape index (κ3) is 2.48. The number of carbonyl (C=O) groups is 2. The lowest BCUT2D eigenvalue weighted by atomic mass is 10.3. The number of nitrogens with zero attached hydrogens (tertiary/aromatic N) is 2. The summed E-state index contributed by atoms with van der Waals surface area (Å²) in [6, 6.07) is -0.908. The van der Waals surface area contributed by atoms with Crippen LogP contribution in [0.1, 0.15) is 16.6 Å². The lowest BCUT2D eigenvalue weighted by Crippen LogP contribution is -2.37. The van der Waals surface area contributed by atoms with E-state index in [1.807, 2.05) is 0 Å². The topological polar surface area (TPSA) is 92.2 Å². The van der Waals surface area contributed by atoms with Crippen LogP contribution in [0.15, 0.2) is 6.20 Å². The molecule has 0 spiro atoms. The first kappa shape index (κ1) is 9.59. The summed E-state index contributed by atoms with van der Waals surface area (Å²) in [5, 5.41) is 14.2. The zero-order chi connectivity index (χ0) is 9.84. The highest BCUT2D eigenvalue weighted by molar-refractivity contribution is 7.07. The monoisotopic (exact) mass is 201 g/mol. The van der Waals surface area contributed by atoms with Crippen molar-refractivity contribution in [3.8, 4) is 0 Å². The van der Waals surface area contributed by atoms with Crippen LogP contribution in [0.3, 0.4) is 0 Å². The molecule has 1 aromatic heterocycles. The molecule has 7 heteroatoms. The molecule has 1 aromatic rings. The second kappa shape index (κ2) is 3.94. The lowest BCUT2D eigenvalue weighted by Gasteiger charge is -2.06. The molecular weight excluding hydrogens is 194 g/mol. The number of nitrogens with one attached hydrogen (secondary N) is 1. The van der Waals surface area contributed by atoms with Crippen LogP contribution in [0.5, 0.6) is 0 Å². The summed E-state index contributed by atoms with van der Waals surface area (Å²) in [5.41, 5.74) is 0. The fourth-order valence-electron chi connectivity index (χ4n) is 0.597. The Bertz CT molecular complexity index is 311. The fraction of sp³-hybridized carbons (Fsp3) is 0.333. The second-order valence-corrected chi connectivity index (χ2v) is 3.10. The van der Waals surface area contributed by atoms with Gasteiger partial charge in [-0.3, -0.25) is 9.59 Å². The van der Waals surface area contributed by atoms with Crippen LogP contribution in [-0.4, -0.2) is 32.6 Å². The summed E-state index contributed by atoms with van der Waals surface area (Å²) in [7, 11) is 0. The van der Waals surface area contributed by atoms with Crippen LogP contribution >= 0.6 is 11.5 Å². The number of aromatic nitrogens is 2. The van der Waals surface area contributed by atoms with E-state index in [4.69, 9.17) is 5.11 Å². The quantitative estimate of drug-likeness (QED) is 0.703. The Kier molecular flexibility index (Phi) is 2.91. The first-order valence-electron chi connectivity index (χ1n) is 3.42. The van der Waals surface area contributed by atoms with Gasteiger partial charge in [-0.2, -0.15) is 0 Å². The van der Waals surface area contributed by atoms with Crippen molar-refractivity contribution in [1.82, 2.24) is 14.9 Å². The normalized spacial score (nSPS) is 12.1. The number of hydrogen-bond donors (Lipinski definition) is 2. The van der Waals surface area contributed by atoms with Gasteiger partial charge in [0, 0.05) is 0 Å². The molecular formula is C6H7N3O3S. The zero-order valence-electron chi connectivity index (χ0n) is 6.72. The molecule has 0 bridgehead atoms. The predicted molar refractivity (Wildman–Crippen MR) is 44.5 cm³/mol. The van der Waals surface area contributed by atoms with Crippen molar-refractivity contribution in [3.63, 3.8) is 0 Å². The van der Waals surface area contributed by atoms with Crippen LogP contribution in [0.25, 0.3) is 0 Å². The standard InChI is InChI=1S/C6H7N3O3S/c1-3(6(11)12)8-5(10)4-2-7-9-13-4/h2-3H,1H3,(H,8,10)(H,11,12)/t3-/m0/s1. The maximum Gasteiger partial charge on any atom is 0.325 e. The van der Waals surface area contributed by atoms with Gasteiger partial charge in [0.05, 0.1) is 6.20 Å². The second-order valence-electron chi connectivity index (χ2n) is 2.32. The van der Waals surface area contributed by atoms with Crippen molar-refractivity contribution >= 4 is 23.4 Å². The van der Waals surface area contributed by atoms with Crippen LogP contribution < -0.4 is 5.32 Å². The van der Waals surface area contributed by atoms with Gasteiger partial charge in [0.2, 0.25) is 0 Å². The molecule has 1 amide bonds. The largest absolute Gasteiger partial charge is 0.480 e. The van der Waals surface area contributed by atoms with E-state index in [1.54, 1.807) is 0 Å². The Labute approximate surface area is 77.7 Å². The van der Waals surface area contributed by atoms with Gasteiger partial charge in [0.15, 0.2) is 0 Å². The van der Waals surface area contributed by atoms with Crippen molar-refractivity contribution in [2.75, 3.05) is 0 Å². The number of carboxylic acids is 1. The van der Waals surface area contributed by atoms with Crippen molar-refractivity contribution in [1.29, 1.82) is 0 Å². The molecule has 0 fully saturated rings. The van der Waals surface area contributed by atoms with E-state index in [1.165, 1.54) is 13.1 Å². The molecule has 0 unspecified atom stereocenters. The van der Waals surface area contributed by atoms with Gasteiger partial charge in [-0.25, -0.2) is 0 Å². The minimum atomic E-state index is -1.08. The molecule has 70 valence electrons. The molecule has 0 aliphatic carbocycles. The average Bonchev–Trinajstić information content (AvgIpc) is 2.55. The minimum Gasteiger partial charge on any atom is -0.480 e. The van der Waals surface area contributed by atoms with Crippen LogP contribution in [0.2, 0.25) is 0 Å². The van der Waals surface area contributed by atoms with E-state index >= 15 is 0 Å². The summed E-state index contributed by atoms with van der Waals surface area (Å²) in [5.74, 6) is -1.55. The summed E-state index contributed by atoms with van der Waals surface area (Å²) in [6.45, 7) is 1.38. The summed E-state index contributed by atoms with van der Waals surface area (Å²) < 4.78 is 3.48. The molecule has 13 heavy (non-hydrogen) atoms. The van der Waals surface area contributed by atoms with Crippen LogP contribution in [0.4, 0.5) is 0 Å². The molecule has 1 atom stereocenters. The zero-order valence-corrected chi connectivity index (χ0v) is 7.54. The highest BCUT2D eigenvalue weighted by atomic mass is 32.1. The summed E-state index contributed by atoms with van der Waals surface area (Å²) in [4.78, 5) is 21.8. The van der Waals surface area contributed by atoms with Crippen molar-refractivity contribution in [2.24, 2.45) is 0 Å². The molecule has 2 N–H and O–H groups in total. The van der Waals surface area contributed by atoms with Gasteiger partial charge < -0.3 is 10.4 Å². The Morgan fingerprint density at radius 3 is 2.85 bits per heavy atom. The van der Waals surface area contributed by atoms with Gasteiger partial charge in [-0.05, 0) is 18.5 Å². The third-order valence-electron chi connectivity index (χ3n) is 1.30. The molecule has 0 radical (unpaired) electrons. The van der Waals surface area contributed by atoms with E-state index in [9.17, 15) is 9.59 Å². The van der Waals surface area contributed by atoms with Crippen molar-refractivity contribution in [3.05, 3.63) is 11.1 Å². The Hall–Kier alpha value is -1.50. The van der Waals surface area contributed by atoms with E-state index in [0.29, 0.717) is 4.88 Å². The number of hydrogen-bond acceptors (Lipinski definition) is 5. The first-order chi connectivity index (χ1) is 6.11. The molecule has 0 aromatic carbocycles. The third-order valence-corrected chi connectivity index (χ3v) is 1.97. The highest BCUT2D eigenvalue weighted by Gasteiger charge is 2.16. The summed E-state index contributed by atoms with van der Waals surface area (Å²) in [6.07, 6.45) is 1.29. The molecule has 0 saturated carbocycles. The van der Waals surface area contributed by atoms with Crippen molar-refractivity contribution < 1.29 is 14.7 Å². The highest BCUT2D eigenvalue weighted by Crippen LogP contribution is 2.01. The number of carboxylic acid groups (broad SMARTS) is 1. The van der Waals surface area contributed by atoms with Gasteiger partial charge in [0.1, 0.15) is 10.9 Å².